The van der Waals surface area contributed by atoms with Crippen molar-refractivity contribution < 1.29 is 4.79 Å². The average molecular weight is 397 g/mol. The molecule has 0 saturated carbocycles. The minimum absolute atomic E-state index is 0.0550. The fraction of sp³-hybridized carbons (Fsp3) is 0.381. The predicted molar refractivity (Wildman–Crippen MR) is 110 cm³/mol. The lowest BCUT2D eigenvalue weighted by atomic mass is 9.95. The number of hydrogen-bond donors (Lipinski definition) is 1. The number of piperidine rings is 1. The van der Waals surface area contributed by atoms with Gasteiger partial charge in [0.2, 0.25) is 5.91 Å². The van der Waals surface area contributed by atoms with E-state index in [1.54, 1.807) is 28.0 Å². The third-order valence-electron chi connectivity index (χ3n) is 5.22. The van der Waals surface area contributed by atoms with E-state index in [9.17, 15) is 9.59 Å². The lowest BCUT2D eigenvalue weighted by Crippen LogP contribution is -2.40. The van der Waals surface area contributed by atoms with E-state index in [-0.39, 0.29) is 17.4 Å². The van der Waals surface area contributed by atoms with Crippen LogP contribution in [0.5, 0.6) is 0 Å². The third kappa shape index (κ3) is 4.48. The minimum atomic E-state index is -0.0550. The van der Waals surface area contributed by atoms with Gasteiger partial charge < -0.3 is 5.32 Å². The van der Waals surface area contributed by atoms with Crippen molar-refractivity contribution in [3.05, 3.63) is 68.9 Å². The van der Waals surface area contributed by atoms with Crippen molar-refractivity contribution in [1.82, 2.24) is 19.6 Å². The van der Waals surface area contributed by atoms with Crippen molar-refractivity contribution in [2.75, 3.05) is 19.6 Å². The maximum atomic E-state index is 12.4. The van der Waals surface area contributed by atoms with Gasteiger partial charge in [0.15, 0.2) is 0 Å². The second-order valence-corrected chi connectivity index (χ2v) is 8.22. The van der Waals surface area contributed by atoms with Gasteiger partial charge in [-0.15, -0.1) is 11.3 Å². The fourth-order valence-corrected chi connectivity index (χ4v) is 4.38. The zero-order valence-corrected chi connectivity index (χ0v) is 16.5. The van der Waals surface area contributed by atoms with Crippen molar-refractivity contribution in [3.63, 3.8) is 0 Å². The van der Waals surface area contributed by atoms with Gasteiger partial charge >= 0.3 is 0 Å². The first-order valence-electron chi connectivity index (χ1n) is 9.69. The standard InChI is InChI=1S/C21H24N4O2S/c26-20-14-17(23-19-5-1-2-10-25(19)20)15-24-11-7-16(8-12-24)21(27)22-9-6-18-4-3-13-28-18/h1-5,10,13-14,16H,6-9,11-12,15H2,(H,22,27). The predicted octanol–water partition coefficient (Wildman–Crippen LogP) is 2.33. The molecule has 6 nitrogen and oxygen atoms in total. The van der Waals surface area contributed by atoms with Crippen molar-refractivity contribution in [1.29, 1.82) is 0 Å². The molecule has 3 aromatic rings. The zero-order chi connectivity index (χ0) is 19.3. The molecule has 7 heteroatoms. The molecular weight excluding hydrogens is 372 g/mol. The summed E-state index contributed by atoms with van der Waals surface area (Å²) in [4.78, 5) is 32.8. The number of carbonyl (C=O) groups is 1. The van der Waals surface area contributed by atoms with Gasteiger partial charge in [-0.1, -0.05) is 12.1 Å². The van der Waals surface area contributed by atoms with Crippen LogP contribution in [0, 0.1) is 5.92 Å². The fourth-order valence-electron chi connectivity index (χ4n) is 3.67. The number of aromatic nitrogens is 2. The number of thiophene rings is 1. The minimum Gasteiger partial charge on any atom is -0.355 e. The molecule has 1 saturated heterocycles. The first-order valence-corrected chi connectivity index (χ1v) is 10.6. The zero-order valence-electron chi connectivity index (χ0n) is 15.7. The molecule has 4 heterocycles. The van der Waals surface area contributed by atoms with E-state index in [1.165, 1.54) is 4.88 Å². The number of amides is 1. The van der Waals surface area contributed by atoms with Crippen molar-refractivity contribution in [2.45, 2.75) is 25.8 Å². The van der Waals surface area contributed by atoms with Crippen LogP contribution in [0.25, 0.3) is 5.65 Å². The molecule has 0 aromatic carbocycles. The highest BCUT2D eigenvalue weighted by Gasteiger charge is 2.25. The molecule has 0 spiro atoms. The molecule has 146 valence electrons. The highest BCUT2D eigenvalue weighted by Crippen LogP contribution is 2.19. The largest absolute Gasteiger partial charge is 0.355 e. The summed E-state index contributed by atoms with van der Waals surface area (Å²) in [5.74, 6) is 0.244. The van der Waals surface area contributed by atoms with E-state index >= 15 is 0 Å². The van der Waals surface area contributed by atoms with Crippen LogP contribution in [0.2, 0.25) is 0 Å². The summed E-state index contributed by atoms with van der Waals surface area (Å²) in [5.41, 5.74) is 1.40. The molecule has 0 atom stereocenters. The molecule has 0 aliphatic carbocycles. The van der Waals surface area contributed by atoms with Gasteiger partial charge in [0, 0.05) is 36.1 Å². The van der Waals surface area contributed by atoms with E-state index in [0.717, 1.165) is 38.0 Å². The second-order valence-electron chi connectivity index (χ2n) is 7.19. The first kappa shape index (κ1) is 18.8. The van der Waals surface area contributed by atoms with Gasteiger partial charge in [0.05, 0.1) is 5.69 Å². The molecule has 1 aliphatic heterocycles. The normalized spacial score (nSPS) is 15.7. The SMILES string of the molecule is O=C(NCCc1cccs1)C1CCN(Cc2cc(=O)n3ccccc3n2)CC1. The molecule has 28 heavy (non-hydrogen) atoms. The monoisotopic (exact) mass is 396 g/mol. The Morgan fingerprint density at radius 1 is 1.21 bits per heavy atom. The van der Waals surface area contributed by atoms with Crippen LogP contribution in [0.15, 0.2) is 52.8 Å². The Kier molecular flexibility index (Phi) is 5.83. The van der Waals surface area contributed by atoms with Crippen LogP contribution in [-0.4, -0.2) is 39.8 Å². The van der Waals surface area contributed by atoms with Crippen LogP contribution >= 0.6 is 11.3 Å². The van der Waals surface area contributed by atoms with Gasteiger partial charge in [-0.3, -0.25) is 18.9 Å². The lowest BCUT2D eigenvalue weighted by Gasteiger charge is -2.31. The summed E-state index contributed by atoms with van der Waals surface area (Å²) in [6.07, 6.45) is 4.32. The molecule has 1 amide bonds. The number of fused-ring (bicyclic) bond motifs is 1. The molecule has 0 bridgehead atoms. The van der Waals surface area contributed by atoms with Gasteiger partial charge in [-0.25, -0.2) is 4.98 Å². The highest BCUT2D eigenvalue weighted by atomic mass is 32.1. The van der Waals surface area contributed by atoms with Crippen molar-refractivity contribution in [2.24, 2.45) is 5.92 Å². The maximum Gasteiger partial charge on any atom is 0.258 e. The Balaban J connectivity index is 1.27. The molecule has 1 fully saturated rings. The van der Waals surface area contributed by atoms with Gasteiger partial charge in [0.1, 0.15) is 5.65 Å². The van der Waals surface area contributed by atoms with E-state index < -0.39 is 0 Å². The second kappa shape index (κ2) is 8.67. The Morgan fingerprint density at radius 2 is 2.07 bits per heavy atom. The van der Waals surface area contributed by atoms with E-state index in [4.69, 9.17) is 0 Å². The first-order chi connectivity index (χ1) is 13.7. The summed E-state index contributed by atoms with van der Waals surface area (Å²) in [6.45, 7) is 3.04. The molecule has 0 unspecified atom stereocenters. The summed E-state index contributed by atoms with van der Waals surface area (Å²) < 4.78 is 1.55. The van der Waals surface area contributed by atoms with Crippen LogP contribution in [0.1, 0.15) is 23.4 Å². The Labute approximate surface area is 167 Å². The quantitative estimate of drug-likeness (QED) is 0.694. The van der Waals surface area contributed by atoms with E-state index in [1.807, 2.05) is 24.3 Å². The summed E-state index contributed by atoms with van der Waals surface area (Å²) in [6, 6.07) is 11.3. The van der Waals surface area contributed by atoms with Crippen LogP contribution in [-0.2, 0) is 17.8 Å². The molecular formula is C21H24N4O2S. The average Bonchev–Trinajstić information content (AvgIpc) is 3.22. The highest BCUT2D eigenvalue weighted by molar-refractivity contribution is 7.09. The van der Waals surface area contributed by atoms with Gasteiger partial charge in [-0.2, -0.15) is 0 Å². The summed E-state index contributed by atoms with van der Waals surface area (Å²) >= 11 is 1.73. The topological polar surface area (TPSA) is 66.7 Å². The Bertz CT molecular complexity index is 991. The Morgan fingerprint density at radius 3 is 2.86 bits per heavy atom. The summed E-state index contributed by atoms with van der Waals surface area (Å²) in [5, 5.41) is 5.14. The third-order valence-corrected chi connectivity index (χ3v) is 6.15. The number of rotatable bonds is 6. The van der Waals surface area contributed by atoms with Crippen molar-refractivity contribution in [3.8, 4) is 0 Å². The number of hydrogen-bond acceptors (Lipinski definition) is 5. The van der Waals surface area contributed by atoms with E-state index in [2.05, 4.69) is 26.6 Å². The van der Waals surface area contributed by atoms with Gasteiger partial charge in [-0.05, 0) is 55.9 Å². The number of likely N-dealkylation sites (tertiary alicyclic amines) is 1. The van der Waals surface area contributed by atoms with Crippen LogP contribution < -0.4 is 10.9 Å². The summed E-state index contributed by atoms with van der Waals surface area (Å²) in [7, 11) is 0. The van der Waals surface area contributed by atoms with Crippen molar-refractivity contribution >= 4 is 22.9 Å². The van der Waals surface area contributed by atoms with Gasteiger partial charge in [0.25, 0.3) is 5.56 Å². The Hall–Kier alpha value is -2.51. The molecule has 0 radical (unpaired) electrons. The smallest absolute Gasteiger partial charge is 0.258 e. The number of nitrogens with zero attached hydrogens (tertiary/aromatic N) is 3. The maximum absolute atomic E-state index is 12.4. The molecule has 1 aliphatic rings. The number of pyridine rings is 1. The molecule has 1 N–H and O–H groups in total. The molecule has 4 rings (SSSR count). The number of carbonyl (C=O) groups excluding carboxylic acids is 1. The van der Waals surface area contributed by atoms with Crippen LogP contribution in [0.4, 0.5) is 0 Å². The number of nitrogens with one attached hydrogen (secondary N) is 1. The lowest BCUT2D eigenvalue weighted by molar-refractivity contribution is -0.126. The van der Waals surface area contributed by atoms with E-state index in [0.29, 0.717) is 18.7 Å². The molecule has 3 aromatic heterocycles. The van der Waals surface area contributed by atoms with Crippen LogP contribution in [0.3, 0.4) is 0 Å².